The lowest BCUT2D eigenvalue weighted by Crippen LogP contribution is -2.46. The Bertz CT molecular complexity index is 650. The van der Waals surface area contributed by atoms with Crippen molar-refractivity contribution >= 4 is 33.7 Å². The normalized spacial score (nSPS) is 32.1. The number of hydrogen-bond acceptors (Lipinski definition) is 3. The lowest BCUT2D eigenvalue weighted by Gasteiger charge is -2.42. The zero-order valence-electron chi connectivity index (χ0n) is 12.5. The molecule has 4 aliphatic rings. The summed E-state index contributed by atoms with van der Waals surface area (Å²) in [6, 6.07) is 6.81. The van der Waals surface area contributed by atoms with Gasteiger partial charge in [0.25, 0.3) is 17.7 Å². The first-order valence-electron chi connectivity index (χ1n) is 8.00. The number of rotatable bonds is 2. The van der Waals surface area contributed by atoms with Crippen LogP contribution in [0.3, 0.4) is 0 Å². The summed E-state index contributed by atoms with van der Waals surface area (Å²) in [5, 5.41) is 0.982. The van der Waals surface area contributed by atoms with E-state index in [4.69, 9.17) is 0 Å². The highest BCUT2D eigenvalue weighted by Gasteiger charge is 2.58. The number of hydrazine groups is 1. The predicted octanol–water partition coefficient (Wildman–Crippen LogP) is 2.52. The van der Waals surface area contributed by atoms with Gasteiger partial charge in [-0.25, -0.2) is 0 Å². The molecule has 1 heterocycles. The number of carbonyl (C=O) groups is 3. The SMILES string of the molecule is O=C(NN1C(=O)C2C3CCC(CC3)C2C1=O)c1ccc(Br)cc1. The first-order valence-corrected chi connectivity index (χ1v) is 8.80. The van der Waals surface area contributed by atoms with Crippen molar-refractivity contribution in [3.63, 3.8) is 0 Å². The maximum atomic E-state index is 12.6. The highest BCUT2D eigenvalue weighted by atomic mass is 79.9. The first kappa shape index (κ1) is 14.9. The largest absolute Gasteiger partial charge is 0.272 e. The molecule has 2 atom stereocenters. The summed E-state index contributed by atoms with van der Waals surface area (Å²) in [6.45, 7) is 0. The van der Waals surface area contributed by atoms with Gasteiger partial charge in [-0.15, -0.1) is 0 Å². The van der Waals surface area contributed by atoms with Crippen molar-refractivity contribution in [2.24, 2.45) is 23.7 Å². The van der Waals surface area contributed by atoms with Crippen molar-refractivity contribution in [1.29, 1.82) is 0 Å². The number of carbonyl (C=O) groups excluding carboxylic acids is 3. The van der Waals surface area contributed by atoms with Gasteiger partial charge >= 0.3 is 0 Å². The molecule has 2 unspecified atom stereocenters. The molecule has 5 rings (SSSR count). The Morgan fingerprint density at radius 1 is 0.957 bits per heavy atom. The minimum Gasteiger partial charge on any atom is -0.272 e. The lowest BCUT2D eigenvalue weighted by molar-refractivity contribution is -0.143. The average molecular weight is 377 g/mol. The van der Waals surface area contributed by atoms with Crippen molar-refractivity contribution < 1.29 is 14.4 Å². The molecule has 1 saturated heterocycles. The Morgan fingerprint density at radius 3 is 1.91 bits per heavy atom. The molecule has 1 aromatic rings. The molecule has 3 amide bonds. The maximum Gasteiger partial charge on any atom is 0.270 e. The zero-order valence-corrected chi connectivity index (χ0v) is 14.1. The first-order chi connectivity index (χ1) is 11.1. The zero-order chi connectivity index (χ0) is 16.1. The van der Waals surface area contributed by atoms with Crippen LogP contribution in [0.5, 0.6) is 0 Å². The summed E-state index contributed by atoms with van der Waals surface area (Å²) >= 11 is 3.31. The molecule has 0 radical (unpaired) electrons. The highest BCUT2D eigenvalue weighted by molar-refractivity contribution is 9.10. The van der Waals surface area contributed by atoms with Gasteiger partial charge in [-0.2, -0.15) is 5.01 Å². The van der Waals surface area contributed by atoms with E-state index in [9.17, 15) is 14.4 Å². The second-order valence-corrected chi connectivity index (χ2v) is 7.60. The highest BCUT2D eigenvalue weighted by Crippen LogP contribution is 2.52. The quantitative estimate of drug-likeness (QED) is 0.806. The Kier molecular flexibility index (Phi) is 3.52. The van der Waals surface area contributed by atoms with E-state index in [1.54, 1.807) is 24.3 Å². The van der Waals surface area contributed by atoms with Crippen LogP contribution in [0.25, 0.3) is 0 Å². The molecule has 6 heteroatoms. The molecule has 120 valence electrons. The lowest BCUT2D eigenvalue weighted by atomic mass is 9.59. The van der Waals surface area contributed by atoms with Gasteiger partial charge in [-0.1, -0.05) is 15.9 Å². The van der Waals surface area contributed by atoms with Gasteiger partial charge in [0.1, 0.15) is 0 Å². The molecule has 23 heavy (non-hydrogen) atoms. The molecular formula is C17H17BrN2O3. The second kappa shape index (κ2) is 5.44. The van der Waals surface area contributed by atoms with E-state index in [2.05, 4.69) is 21.4 Å². The number of benzene rings is 1. The van der Waals surface area contributed by atoms with Gasteiger partial charge < -0.3 is 0 Å². The summed E-state index contributed by atoms with van der Waals surface area (Å²) in [6.07, 6.45) is 4.11. The molecule has 3 aliphatic carbocycles. The minimum absolute atomic E-state index is 0.222. The van der Waals surface area contributed by atoms with Gasteiger partial charge in [0.05, 0.1) is 11.8 Å². The van der Waals surface area contributed by atoms with Crippen LogP contribution in [-0.4, -0.2) is 22.7 Å². The molecule has 1 N–H and O–H groups in total. The van der Waals surface area contributed by atoms with Crippen LogP contribution in [0.4, 0.5) is 0 Å². The Labute approximate surface area is 142 Å². The molecule has 5 nitrogen and oxygen atoms in total. The molecule has 1 aromatic carbocycles. The van der Waals surface area contributed by atoms with Crippen molar-refractivity contribution in [1.82, 2.24) is 10.4 Å². The number of nitrogens with zero attached hydrogens (tertiary/aromatic N) is 1. The van der Waals surface area contributed by atoms with Crippen molar-refractivity contribution in [3.05, 3.63) is 34.3 Å². The van der Waals surface area contributed by atoms with Gasteiger partial charge in [-0.3, -0.25) is 19.8 Å². The van der Waals surface area contributed by atoms with Crippen molar-refractivity contribution in [2.75, 3.05) is 0 Å². The number of imide groups is 1. The van der Waals surface area contributed by atoms with Crippen LogP contribution in [-0.2, 0) is 9.59 Å². The van der Waals surface area contributed by atoms with Crippen LogP contribution in [0.2, 0.25) is 0 Å². The third-order valence-electron chi connectivity index (χ3n) is 5.55. The fourth-order valence-electron chi connectivity index (χ4n) is 4.44. The van der Waals surface area contributed by atoms with Gasteiger partial charge in [0.15, 0.2) is 0 Å². The summed E-state index contributed by atoms with van der Waals surface area (Å²) in [4.78, 5) is 37.6. The molecule has 0 aromatic heterocycles. The molecular weight excluding hydrogens is 360 g/mol. The van der Waals surface area contributed by atoms with Crippen LogP contribution in [0.1, 0.15) is 36.0 Å². The molecule has 1 aliphatic heterocycles. The van der Waals surface area contributed by atoms with Gasteiger partial charge in [0, 0.05) is 10.0 Å². The summed E-state index contributed by atoms with van der Waals surface area (Å²) in [7, 11) is 0. The fraction of sp³-hybridized carbons (Fsp3) is 0.471. The van der Waals surface area contributed by atoms with Crippen LogP contribution in [0, 0.1) is 23.7 Å². The average Bonchev–Trinajstić information content (AvgIpc) is 2.83. The summed E-state index contributed by atoms with van der Waals surface area (Å²) in [5.74, 6) is -0.711. The molecule has 3 saturated carbocycles. The third kappa shape index (κ3) is 2.31. The Balaban J connectivity index is 1.55. The van der Waals surface area contributed by atoms with E-state index in [0.717, 1.165) is 35.2 Å². The second-order valence-electron chi connectivity index (χ2n) is 6.69. The van der Waals surface area contributed by atoms with E-state index in [-0.39, 0.29) is 23.7 Å². The Hall–Kier alpha value is -1.69. The van der Waals surface area contributed by atoms with Gasteiger partial charge in [0.2, 0.25) is 0 Å². The van der Waals surface area contributed by atoms with Gasteiger partial charge in [-0.05, 0) is 61.8 Å². The minimum atomic E-state index is -0.426. The fourth-order valence-corrected chi connectivity index (χ4v) is 4.71. The van der Waals surface area contributed by atoms with Crippen molar-refractivity contribution in [2.45, 2.75) is 25.7 Å². The smallest absolute Gasteiger partial charge is 0.270 e. The molecule has 4 fully saturated rings. The Morgan fingerprint density at radius 2 is 1.43 bits per heavy atom. The maximum absolute atomic E-state index is 12.6. The van der Waals surface area contributed by atoms with E-state index >= 15 is 0 Å². The monoisotopic (exact) mass is 376 g/mol. The number of amides is 3. The number of nitrogens with one attached hydrogen (secondary N) is 1. The van der Waals surface area contributed by atoms with E-state index in [1.165, 1.54) is 0 Å². The molecule has 2 bridgehead atoms. The van der Waals surface area contributed by atoms with Crippen LogP contribution in [0.15, 0.2) is 28.7 Å². The van der Waals surface area contributed by atoms with E-state index < -0.39 is 5.91 Å². The number of fused-ring (bicyclic) bond motifs is 2. The van der Waals surface area contributed by atoms with Crippen LogP contribution >= 0.6 is 15.9 Å². The predicted molar refractivity (Wildman–Crippen MR) is 85.9 cm³/mol. The number of hydrogen-bond donors (Lipinski definition) is 1. The van der Waals surface area contributed by atoms with E-state index in [1.807, 2.05) is 0 Å². The topological polar surface area (TPSA) is 66.5 Å². The standard InChI is InChI=1S/C17H17BrN2O3/c18-12-7-5-11(6-8-12)15(21)19-20-16(22)13-9-1-2-10(4-3-9)14(13)17(20)23/h5-10,13-14H,1-4H2,(H,19,21). The molecule has 0 spiro atoms. The third-order valence-corrected chi connectivity index (χ3v) is 6.08. The van der Waals surface area contributed by atoms with E-state index in [0.29, 0.717) is 17.4 Å². The summed E-state index contributed by atoms with van der Waals surface area (Å²) in [5.41, 5.74) is 2.94. The summed E-state index contributed by atoms with van der Waals surface area (Å²) < 4.78 is 0.866. The van der Waals surface area contributed by atoms with Crippen molar-refractivity contribution in [3.8, 4) is 0 Å². The number of halogens is 1. The van der Waals surface area contributed by atoms with Crippen LogP contribution < -0.4 is 5.43 Å².